The number of anilines is 1. The number of hydrogen-bond acceptors (Lipinski definition) is 8. The van der Waals surface area contributed by atoms with Crippen LogP contribution in [0.1, 0.15) is 19.7 Å². The van der Waals surface area contributed by atoms with Crippen LogP contribution in [0.15, 0.2) is 5.16 Å². The van der Waals surface area contributed by atoms with E-state index in [1.807, 2.05) is 0 Å². The number of carbonyl (C=O) groups excluding carboxylic acids is 1. The Hall–Kier alpha value is -1.74. The van der Waals surface area contributed by atoms with Crippen molar-refractivity contribution in [2.75, 3.05) is 5.73 Å². The van der Waals surface area contributed by atoms with E-state index in [2.05, 4.69) is 14.5 Å². The van der Waals surface area contributed by atoms with E-state index in [1.165, 1.54) is 13.8 Å². The molecule has 0 unspecified atom stereocenters. The molecule has 1 aromatic rings. The number of carbonyl (C=O) groups is 2. The normalized spacial score (nSPS) is 12.3. The van der Waals surface area contributed by atoms with Gasteiger partial charge >= 0.3 is 5.97 Å². The largest absolute Gasteiger partial charge is 0.478 e. The van der Waals surface area contributed by atoms with Crippen LogP contribution in [-0.2, 0) is 14.4 Å². The van der Waals surface area contributed by atoms with Crippen molar-refractivity contribution in [3.05, 3.63) is 5.82 Å². The predicted molar refractivity (Wildman–Crippen MR) is 64.5 cm³/mol. The molecule has 0 aliphatic heterocycles. The summed E-state index contributed by atoms with van der Waals surface area (Å²) in [5, 5.41) is 11.3. The van der Waals surface area contributed by atoms with Gasteiger partial charge in [-0.05, 0) is 25.4 Å². The number of hydrogen-bond donors (Lipinski definition) is 2. The van der Waals surface area contributed by atoms with Crippen LogP contribution in [0.2, 0.25) is 0 Å². The highest BCUT2D eigenvalue weighted by Gasteiger charge is 2.31. The van der Waals surface area contributed by atoms with Crippen LogP contribution in [0, 0.1) is 0 Å². The summed E-state index contributed by atoms with van der Waals surface area (Å²) in [5.41, 5.74) is 3.33. The molecule has 0 saturated carbocycles. The van der Waals surface area contributed by atoms with Gasteiger partial charge in [0.05, 0.1) is 0 Å². The van der Waals surface area contributed by atoms with Gasteiger partial charge in [-0.25, -0.2) is 4.79 Å². The molecule has 0 aliphatic rings. The lowest BCUT2D eigenvalue weighted by atomic mass is 10.1. The summed E-state index contributed by atoms with van der Waals surface area (Å²) in [5.74, 6) is -1.36. The van der Waals surface area contributed by atoms with Crippen molar-refractivity contribution < 1.29 is 19.5 Å². The molecule has 98 valence electrons. The quantitative estimate of drug-likeness (QED) is 0.458. The van der Waals surface area contributed by atoms with Crippen LogP contribution < -0.4 is 5.73 Å². The molecule has 1 heterocycles. The highest BCUT2D eigenvalue weighted by atomic mass is 35.5. The molecule has 18 heavy (non-hydrogen) atoms. The number of rotatable bonds is 5. The van der Waals surface area contributed by atoms with E-state index in [4.69, 9.17) is 27.3 Å². The maximum Gasteiger partial charge on any atom is 0.350 e. The highest BCUT2D eigenvalue weighted by molar-refractivity contribution is 7.09. The van der Waals surface area contributed by atoms with Crippen molar-refractivity contribution >= 4 is 45.2 Å². The van der Waals surface area contributed by atoms with Gasteiger partial charge in [0.15, 0.2) is 5.13 Å². The average molecular weight is 293 g/mol. The summed E-state index contributed by atoms with van der Waals surface area (Å²) in [7, 11) is 0. The second kappa shape index (κ2) is 5.27. The Morgan fingerprint density at radius 3 is 2.56 bits per heavy atom. The first-order valence-corrected chi connectivity index (χ1v) is 5.68. The van der Waals surface area contributed by atoms with E-state index in [1.54, 1.807) is 0 Å². The number of oxime groups is 1. The fourth-order valence-corrected chi connectivity index (χ4v) is 1.25. The lowest BCUT2D eigenvalue weighted by Gasteiger charge is -2.16. The molecule has 0 amide bonds. The Bertz CT molecular complexity index is 513. The van der Waals surface area contributed by atoms with Crippen molar-refractivity contribution in [2.45, 2.75) is 19.4 Å². The second-order valence-electron chi connectivity index (χ2n) is 3.58. The first-order chi connectivity index (χ1) is 8.24. The maximum absolute atomic E-state index is 11.1. The standard InChI is InChI=1S/C8H9ClN4O4S/c1-8(2,6(15)16)17-12-3(4(9)14)5-11-7(10)18-13-5/h1-2H3,(H,15,16)(H2,10,11,13)/b12-3-. The van der Waals surface area contributed by atoms with Gasteiger partial charge in [-0.2, -0.15) is 9.36 Å². The topological polar surface area (TPSA) is 128 Å². The van der Waals surface area contributed by atoms with Gasteiger partial charge in [0, 0.05) is 11.5 Å². The third kappa shape index (κ3) is 3.37. The fourth-order valence-electron chi connectivity index (χ4n) is 0.695. The molecule has 0 spiro atoms. The van der Waals surface area contributed by atoms with Crippen LogP contribution >= 0.6 is 23.1 Å². The summed E-state index contributed by atoms with van der Waals surface area (Å²) in [6.07, 6.45) is 0. The summed E-state index contributed by atoms with van der Waals surface area (Å²) < 4.78 is 3.72. The van der Waals surface area contributed by atoms with E-state index in [0.29, 0.717) is 0 Å². The Labute approximate surface area is 111 Å². The SMILES string of the molecule is CC(C)(O/N=C(/C(=O)Cl)c1nsc(N)n1)C(=O)O. The van der Waals surface area contributed by atoms with E-state index in [-0.39, 0.29) is 11.0 Å². The molecule has 8 nitrogen and oxygen atoms in total. The Kier molecular flexibility index (Phi) is 4.19. The minimum Gasteiger partial charge on any atom is -0.478 e. The van der Waals surface area contributed by atoms with E-state index in [0.717, 1.165) is 11.5 Å². The number of nitrogens with two attached hydrogens (primary N) is 1. The predicted octanol–water partition coefficient (Wildman–Crippen LogP) is 0.470. The average Bonchev–Trinajstić information content (AvgIpc) is 2.64. The molecule has 1 rings (SSSR count). The van der Waals surface area contributed by atoms with Crippen molar-refractivity contribution in [1.29, 1.82) is 0 Å². The Morgan fingerprint density at radius 2 is 2.17 bits per heavy atom. The van der Waals surface area contributed by atoms with Crippen LogP contribution in [0.3, 0.4) is 0 Å². The molecule has 1 aromatic heterocycles. The maximum atomic E-state index is 11.1. The molecule has 0 aliphatic carbocycles. The van der Waals surface area contributed by atoms with Crippen molar-refractivity contribution in [1.82, 2.24) is 9.36 Å². The number of carboxylic acid groups (broad SMARTS) is 1. The van der Waals surface area contributed by atoms with Gasteiger partial charge in [0.2, 0.25) is 17.1 Å². The van der Waals surface area contributed by atoms with Gasteiger partial charge < -0.3 is 15.7 Å². The minimum absolute atomic E-state index is 0.112. The zero-order valence-corrected chi connectivity index (χ0v) is 10.9. The summed E-state index contributed by atoms with van der Waals surface area (Å²) in [4.78, 5) is 30.4. The lowest BCUT2D eigenvalue weighted by Crippen LogP contribution is -2.33. The Balaban J connectivity index is 3.01. The molecular weight excluding hydrogens is 284 g/mol. The van der Waals surface area contributed by atoms with Crippen LogP contribution in [0.4, 0.5) is 5.13 Å². The molecule has 0 aromatic carbocycles. The molecule has 0 saturated heterocycles. The summed E-state index contributed by atoms with van der Waals surface area (Å²) >= 11 is 6.13. The van der Waals surface area contributed by atoms with Gasteiger partial charge in [-0.3, -0.25) is 4.79 Å². The van der Waals surface area contributed by atoms with E-state index in [9.17, 15) is 9.59 Å². The molecule has 0 bridgehead atoms. The third-order valence-electron chi connectivity index (χ3n) is 1.72. The minimum atomic E-state index is -1.61. The summed E-state index contributed by atoms with van der Waals surface area (Å²) in [6, 6.07) is 0. The van der Waals surface area contributed by atoms with Crippen LogP contribution in [0.5, 0.6) is 0 Å². The number of carboxylic acids is 1. The number of nitrogen functional groups attached to an aromatic ring is 1. The van der Waals surface area contributed by atoms with Gasteiger partial charge in [0.25, 0.3) is 5.24 Å². The third-order valence-corrected chi connectivity index (χ3v) is 2.44. The van der Waals surface area contributed by atoms with Crippen molar-refractivity contribution in [3.8, 4) is 0 Å². The van der Waals surface area contributed by atoms with Gasteiger partial charge in [0.1, 0.15) is 0 Å². The van der Waals surface area contributed by atoms with Crippen LogP contribution in [-0.4, -0.2) is 37.0 Å². The number of nitrogens with zero attached hydrogens (tertiary/aromatic N) is 3. The molecular formula is C8H9ClN4O4S. The van der Waals surface area contributed by atoms with E-state index < -0.39 is 22.5 Å². The second-order valence-corrected chi connectivity index (χ2v) is 4.70. The molecule has 0 fully saturated rings. The van der Waals surface area contributed by atoms with Crippen molar-refractivity contribution in [2.24, 2.45) is 5.16 Å². The zero-order chi connectivity index (χ0) is 13.9. The molecule has 3 N–H and O–H groups in total. The fraction of sp³-hybridized carbons (Fsp3) is 0.375. The molecule has 0 atom stereocenters. The van der Waals surface area contributed by atoms with Crippen LogP contribution in [0.25, 0.3) is 0 Å². The number of halogens is 1. The van der Waals surface area contributed by atoms with E-state index >= 15 is 0 Å². The number of aliphatic carboxylic acids is 1. The highest BCUT2D eigenvalue weighted by Crippen LogP contribution is 2.13. The lowest BCUT2D eigenvalue weighted by molar-refractivity contribution is -0.161. The smallest absolute Gasteiger partial charge is 0.350 e. The summed E-state index contributed by atoms with van der Waals surface area (Å²) in [6.45, 7) is 2.52. The van der Waals surface area contributed by atoms with Gasteiger partial charge in [-0.15, -0.1) is 0 Å². The first kappa shape index (κ1) is 14.3. The Morgan fingerprint density at radius 1 is 1.56 bits per heavy atom. The molecule has 10 heteroatoms. The first-order valence-electron chi connectivity index (χ1n) is 4.53. The van der Waals surface area contributed by atoms with Crippen molar-refractivity contribution in [3.63, 3.8) is 0 Å². The monoisotopic (exact) mass is 292 g/mol. The zero-order valence-electron chi connectivity index (χ0n) is 9.38. The number of aromatic nitrogens is 2. The van der Waals surface area contributed by atoms with Gasteiger partial charge in [-0.1, -0.05) is 5.16 Å². The molecule has 0 radical (unpaired) electrons.